The number of aliphatic carboxylic acids is 1. The summed E-state index contributed by atoms with van der Waals surface area (Å²) in [6.45, 7) is 6.25. The van der Waals surface area contributed by atoms with Crippen LogP contribution in [0.15, 0.2) is 10.5 Å². The van der Waals surface area contributed by atoms with E-state index in [0.29, 0.717) is 18.6 Å². The van der Waals surface area contributed by atoms with Crippen LogP contribution in [0.3, 0.4) is 0 Å². The van der Waals surface area contributed by atoms with Crippen LogP contribution >= 0.6 is 0 Å². The van der Waals surface area contributed by atoms with Crippen molar-refractivity contribution >= 4 is 11.9 Å². The van der Waals surface area contributed by atoms with Crippen molar-refractivity contribution in [2.24, 2.45) is 5.92 Å². The van der Waals surface area contributed by atoms with E-state index in [9.17, 15) is 9.59 Å². The molecule has 0 aliphatic carbocycles. The third-order valence-corrected chi connectivity index (χ3v) is 4.30. The molecule has 2 heterocycles. The zero-order chi connectivity index (χ0) is 15.6. The quantitative estimate of drug-likeness (QED) is 0.926. The van der Waals surface area contributed by atoms with E-state index in [1.807, 2.05) is 20.8 Å². The molecule has 1 N–H and O–H groups in total. The molecule has 0 aromatic carbocycles. The van der Waals surface area contributed by atoms with Gasteiger partial charge < -0.3 is 14.4 Å². The van der Waals surface area contributed by atoms with Gasteiger partial charge in [0.15, 0.2) is 5.76 Å². The molecule has 1 saturated heterocycles. The third-order valence-electron chi connectivity index (χ3n) is 4.30. The van der Waals surface area contributed by atoms with Gasteiger partial charge in [-0.15, -0.1) is 0 Å². The topological polar surface area (TPSA) is 70.8 Å². The van der Waals surface area contributed by atoms with Gasteiger partial charge in [-0.2, -0.15) is 0 Å². The molecule has 5 heteroatoms. The second kappa shape index (κ2) is 6.33. The summed E-state index contributed by atoms with van der Waals surface area (Å²) in [5.74, 6) is -0.316. The minimum atomic E-state index is -0.831. The maximum absolute atomic E-state index is 12.6. The van der Waals surface area contributed by atoms with E-state index in [0.717, 1.165) is 24.2 Å². The number of aryl methyl sites for hydroxylation is 2. The van der Waals surface area contributed by atoms with Gasteiger partial charge in [-0.05, 0) is 37.8 Å². The van der Waals surface area contributed by atoms with Crippen molar-refractivity contribution in [1.29, 1.82) is 0 Å². The zero-order valence-electron chi connectivity index (χ0n) is 12.9. The van der Waals surface area contributed by atoms with Crippen LogP contribution < -0.4 is 0 Å². The molecule has 5 nitrogen and oxygen atoms in total. The Hall–Kier alpha value is -1.78. The first-order valence-electron chi connectivity index (χ1n) is 7.63. The third kappa shape index (κ3) is 3.12. The van der Waals surface area contributed by atoms with Gasteiger partial charge in [-0.1, -0.05) is 13.8 Å². The highest BCUT2D eigenvalue weighted by atomic mass is 16.4. The average molecular weight is 293 g/mol. The van der Waals surface area contributed by atoms with E-state index in [-0.39, 0.29) is 18.5 Å². The summed E-state index contributed by atoms with van der Waals surface area (Å²) in [4.78, 5) is 25.4. The van der Waals surface area contributed by atoms with Crippen molar-refractivity contribution in [3.63, 3.8) is 0 Å². The second-order valence-corrected chi connectivity index (χ2v) is 5.69. The number of hydrogen-bond donors (Lipinski definition) is 1. The van der Waals surface area contributed by atoms with Crippen LogP contribution in [0.25, 0.3) is 0 Å². The first kappa shape index (κ1) is 15.6. The number of hydrogen-bond acceptors (Lipinski definition) is 3. The lowest BCUT2D eigenvalue weighted by atomic mass is 9.93. The number of furan rings is 1. The first-order chi connectivity index (χ1) is 9.97. The molecule has 2 rings (SSSR count). The Balaban J connectivity index is 2.21. The van der Waals surface area contributed by atoms with E-state index >= 15 is 0 Å². The molecule has 1 fully saturated rings. The predicted molar refractivity (Wildman–Crippen MR) is 78.3 cm³/mol. The smallest absolute Gasteiger partial charge is 0.308 e. The van der Waals surface area contributed by atoms with Gasteiger partial charge in [-0.25, -0.2) is 0 Å². The fourth-order valence-corrected chi connectivity index (χ4v) is 2.90. The lowest BCUT2D eigenvalue weighted by molar-refractivity contribution is -0.143. The number of carbonyl (C=O) groups is 2. The van der Waals surface area contributed by atoms with Crippen molar-refractivity contribution in [3.05, 3.63) is 23.2 Å². The van der Waals surface area contributed by atoms with Gasteiger partial charge in [0.1, 0.15) is 5.76 Å². The molecule has 1 aromatic heterocycles. The van der Waals surface area contributed by atoms with Gasteiger partial charge in [-0.3, -0.25) is 9.59 Å². The lowest BCUT2D eigenvalue weighted by Crippen LogP contribution is -2.47. The average Bonchev–Trinajstić information content (AvgIpc) is 2.90. The van der Waals surface area contributed by atoms with E-state index in [4.69, 9.17) is 9.52 Å². The van der Waals surface area contributed by atoms with Crippen LogP contribution in [0.4, 0.5) is 0 Å². The largest absolute Gasteiger partial charge is 0.481 e. The van der Waals surface area contributed by atoms with Gasteiger partial charge >= 0.3 is 5.97 Å². The Kier molecular flexibility index (Phi) is 4.70. The summed E-state index contributed by atoms with van der Waals surface area (Å²) in [6.07, 6.45) is 2.92. The Morgan fingerprint density at radius 3 is 2.57 bits per heavy atom. The second-order valence-electron chi connectivity index (χ2n) is 5.69. The van der Waals surface area contributed by atoms with Crippen LogP contribution in [0.2, 0.25) is 0 Å². The minimum absolute atomic E-state index is 0.0494. The van der Waals surface area contributed by atoms with E-state index in [1.165, 1.54) is 0 Å². The van der Waals surface area contributed by atoms with Gasteiger partial charge in [0.25, 0.3) is 5.91 Å². The number of amides is 1. The Morgan fingerprint density at radius 1 is 1.33 bits per heavy atom. The minimum Gasteiger partial charge on any atom is -0.481 e. The van der Waals surface area contributed by atoms with Crippen molar-refractivity contribution in [3.8, 4) is 0 Å². The molecule has 0 radical (unpaired) electrons. The molecule has 1 aromatic rings. The zero-order valence-corrected chi connectivity index (χ0v) is 12.9. The van der Waals surface area contributed by atoms with Crippen molar-refractivity contribution in [2.75, 3.05) is 6.54 Å². The van der Waals surface area contributed by atoms with Crippen LogP contribution in [-0.4, -0.2) is 34.5 Å². The van der Waals surface area contributed by atoms with Crippen LogP contribution in [0.5, 0.6) is 0 Å². The number of rotatable bonds is 4. The fourth-order valence-electron chi connectivity index (χ4n) is 2.90. The Labute approximate surface area is 124 Å². The monoisotopic (exact) mass is 293 g/mol. The van der Waals surface area contributed by atoms with E-state index in [1.54, 1.807) is 11.0 Å². The standard InChI is InChI=1S/C16H23NO4/c1-4-11-8-14(21-13(11)5-2)15(18)17-9-12(16(19)20)7-6-10(17)3/h8,10,12H,4-7,9H2,1-3H3,(H,19,20). The fraction of sp³-hybridized carbons (Fsp3) is 0.625. The maximum atomic E-state index is 12.6. The summed E-state index contributed by atoms with van der Waals surface area (Å²) >= 11 is 0. The van der Waals surface area contributed by atoms with Crippen LogP contribution in [0, 0.1) is 5.92 Å². The molecule has 0 saturated carbocycles. The lowest BCUT2D eigenvalue weighted by Gasteiger charge is -2.35. The van der Waals surface area contributed by atoms with Crippen molar-refractivity contribution in [2.45, 2.75) is 52.5 Å². The number of nitrogens with zero attached hydrogens (tertiary/aromatic N) is 1. The van der Waals surface area contributed by atoms with Crippen LogP contribution in [0.1, 0.15) is 55.5 Å². The molecule has 0 bridgehead atoms. The SMILES string of the molecule is CCc1cc(C(=O)N2CC(C(=O)O)CCC2C)oc1CC. The number of carboxylic acids is 1. The Bertz CT molecular complexity index is 513. The van der Waals surface area contributed by atoms with E-state index in [2.05, 4.69) is 0 Å². The number of carbonyl (C=O) groups excluding carboxylic acids is 1. The summed E-state index contributed by atoms with van der Waals surface area (Å²) in [5.41, 5.74) is 1.06. The summed E-state index contributed by atoms with van der Waals surface area (Å²) in [6, 6.07) is 1.85. The van der Waals surface area contributed by atoms with Gasteiger partial charge in [0.2, 0.25) is 0 Å². The van der Waals surface area contributed by atoms with Gasteiger partial charge in [0.05, 0.1) is 5.92 Å². The van der Waals surface area contributed by atoms with Crippen molar-refractivity contribution < 1.29 is 19.1 Å². The molecule has 2 unspecified atom stereocenters. The highest BCUT2D eigenvalue weighted by Gasteiger charge is 2.34. The number of carboxylic acid groups (broad SMARTS) is 1. The predicted octanol–water partition coefficient (Wildman–Crippen LogP) is 2.73. The molecule has 1 amide bonds. The first-order valence-corrected chi connectivity index (χ1v) is 7.63. The molecule has 21 heavy (non-hydrogen) atoms. The molecular weight excluding hydrogens is 270 g/mol. The summed E-state index contributed by atoms with van der Waals surface area (Å²) < 4.78 is 5.68. The summed E-state index contributed by atoms with van der Waals surface area (Å²) in [7, 11) is 0. The van der Waals surface area contributed by atoms with Gasteiger partial charge in [0, 0.05) is 19.0 Å². The summed E-state index contributed by atoms with van der Waals surface area (Å²) in [5, 5.41) is 9.16. The molecule has 0 spiro atoms. The molecule has 1 aliphatic heterocycles. The maximum Gasteiger partial charge on any atom is 0.308 e. The number of likely N-dealkylation sites (tertiary alicyclic amines) is 1. The normalized spacial score (nSPS) is 22.3. The Morgan fingerprint density at radius 2 is 2.05 bits per heavy atom. The highest BCUT2D eigenvalue weighted by molar-refractivity contribution is 5.92. The highest BCUT2D eigenvalue weighted by Crippen LogP contribution is 2.26. The number of piperidine rings is 1. The molecule has 1 aliphatic rings. The molecule has 116 valence electrons. The van der Waals surface area contributed by atoms with Crippen molar-refractivity contribution in [1.82, 2.24) is 4.90 Å². The van der Waals surface area contributed by atoms with Crippen LogP contribution in [-0.2, 0) is 17.6 Å². The molecule has 2 atom stereocenters. The molecular formula is C16H23NO4. The van der Waals surface area contributed by atoms with E-state index < -0.39 is 11.9 Å².